The highest BCUT2D eigenvalue weighted by atomic mass is 19.1. The van der Waals surface area contributed by atoms with Gasteiger partial charge in [-0.15, -0.1) is 0 Å². The molecule has 0 fully saturated rings. The van der Waals surface area contributed by atoms with E-state index in [4.69, 9.17) is 15.6 Å². The van der Waals surface area contributed by atoms with Crippen molar-refractivity contribution in [2.45, 2.75) is 0 Å². The van der Waals surface area contributed by atoms with Crippen LogP contribution >= 0.6 is 0 Å². The maximum Gasteiger partial charge on any atom is 0.207 e. The standard InChI is InChI=1S/C10H12FNO2/c1-14-10-7(3-2-6-12)4-5-8(13)9(10)11/h2-5,13H,6,12H2,1H3/b3-2+. The normalized spacial score (nSPS) is 10.8. The summed E-state index contributed by atoms with van der Waals surface area (Å²) in [6, 6.07) is 2.83. The first-order chi connectivity index (χ1) is 6.70. The van der Waals surface area contributed by atoms with E-state index in [0.717, 1.165) is 0 Å². The van der Waals surface area contributed by atoms with Gasteiger partial charge in [-0.05, 0) is 12.1 Å². The summed E-state index contributed by atoms with van der Waals surface area (Å²) in [4.78, 5) is 0. The average Bonchev–Trinajstić information content (AvgIpc) is 2.20. The maximum absolute atomic E-state index is 13.2. The van der Waals surface area contributed by atoms with Crippen molar-refractivity contribution in [3.05, 3.63) is 29.6 Å². The zero-order valence-electron chi connectivity index (χ0n) is 7.83. The molecule has 0 aliphatic rings. The SMILES string of the molecule is COc1c(/C=C/CN)ccc(O)c1F. The molecule has 3 N–H and O–H groups in total. The predicted molar refractivity (Wildman–Crippen MR) is 52.7 cm³/mol. The van der Waals surface area contributed by atoms with Crippen molar-refractivity contribution in [1.82, 2.24) is 0 Å². The Morgan fingerprint density at radius 2 is 2.29 bits per heavy atom. The van der Waals surface area contributed by atoms with Crippen LogP contribution in [0.1, 0.15) is 5.56 Å². The van der Waals surface area contributed by atoms with E-state index in [1.807, 2.05) is 0 Å². The highest BCUT2D eigenvalue weighted by molar-refractivity contribution is 5.59. The molecule has 0 heterocycles. The fourth-order valence-corrected chi connectivity index (χ4v) is 1.09. The molecular weight excluding hydrogens is 185 g/mol. The van der Waals surface area contributed by atoms with E-state index >= 15 is 0 Å². The van der Waals surface area contributed by atoms with Crippen molar-refractivity contribution in [2.75, 3.05) is 13.7 Å². The lowest BCUT2D eigenvalue weighted by molar-refractivity contribution is 0.363. The Morgan fingerprint density at radius 3 is 2.86 bits per heavy atom. The van der Waals surface area contributed by atoms with Gasteiger partial charge in [-0.25, -0.2) is 0 Å². The number of aromatic hydroxyl groups is 1. The number of phenols is 1. The number of rotatable bonds is 3. The van der Waals surface area contributed by atoms with Gasteiger partial charge in [0.15, 0.2) is 11.5 Å². The number of halogens is 1. The molecule has 1 rings (SSSR count). The average molecular weight is 197 g/mol. The third-order valence-corrected chi connectivity index (χ3v) is 1.74. The fourth-order valence-electron chi connectivity index (χ4n) is 1.09. The van der Waals surface area contributed by atoms with Crippen LogP contribution in [-0.2, 0) is 0 Å². The monoisotopic (exact) mass is 197 g/mol. The fraction of sp³-hybridized carbons (Fsp3) is 0.200. The minimum atomic E-state index is -0.758. The molecule has 1 aromatic carbocycles. The molecule has 76 valence electrons. The van der Waals surface area contributed by atoms with Gasteiger partial charge in [0.1, 0.15) is 0 Å². The Bertz CT molecular complexity index is 350. The summed E-state index contributed by atoms with van der Waals surface area (Å²) in [5.41, 5.74) is 5.81. The number of hydrogen-bond donors (Lipinski definition) is 2. The van der Waals surface area contributed by atoms with Crippen LogP contribution in [0.3, 0.4) is 0 Å². The molecule has 0 amide bonds. The van der Waals surface area contributed by atoms with Gasteiger partial charge >= 0.3 is 0 Å². The van der Waals surface area contributed by atoms with Crippen LogP contribution < -0.4 is 10.5 Å². The van der Waals surface area contributed by atoms with E-state index in [2.05, 4.69) is 0 Å². The molecule has 3 nitrogen and oxygen atoms in total. The highest BCUT2D eigenvalue weighted by Gasteiger charge is 2.11. The van der Waals surface area contributed by atoms with Crippen LogP contribution in [0, 0.1) is 5.82 Å². The van der Waals surface area contributed by atoms with Crippen molar-refractivity contribution >= 4 is 6.08 Å². The lowest BCUT2D eigenvalue weighted by Crippen LogP contribution is -1.94. The van der Waals surface area contributed by atoms with Crippen LogP contribution in [0.15, 0.2) is 18.2 Å². The van der Waals surface area contributed by atoms with E-state index in [1.165, 1.54) is 13.2 Å². The topological polar surface area (TPSA) is 55.5 Å². The number of methoxy groups -OCH3 is 1. The zero-order valence-corrected chi connectivity index (χ0v) is 7.83. The molecule has 0 atom stereocenters. The van der Waals surface area contributed by atoms with Gasteiger partial charge in [0.05, 0.1) is 7.11 Å². The molecule has 0 aliphatic carbocycles. The maximum atomic E-state index is 13.2. The summed E-state index contributed by atoms with van der Waals surface area (Å²) in [7, 11) is 1.34. The number of hydrogen-bond acceptors (Lipinski definition) is 3. The van der Waals surface area contributed by atoms with Crippen LogP contribution in [0.5, 0.6) is 11.5 Å². The minimum Gasteiger partial charge on any atom is -0.505 e. The second kappa shape index (κ2) is 4.62. The minimum absolute atomic E-state index is 0.0229. The Morgan fingerprint density at radius 1 is 1.57 bits per heavy atom. The number of ether oxygens (including phenoxy) is 1. The molecule has 0 aromatic heterocycles. The first kappa shape index (κ1) is 10.5. The summed E-state index contributed by atoms with van der Waals surface area (Å²) in [6.45, 7) is 0.367. The van der Waals surface area contributed by atoms with Gasteiger partial charge in [0.2, 0.25) is 5.82 Å². The van der Waals surface area contributed by atoms with Crippen molar-refractivity contribution < 1.29 is 14.2 Å². The first-order valence-corrected chi connectivity index (χ1v) is 4.12. The molecule has 1 aromatic rings. The lowest BCUT2D eigenvalue weighted by atomic mass is 10.1. The third kappa shape index (κ3) is 2.03. The van der Waals surface area contributed by atoms with Gasteiger partial charge in [-0.1, -0.05) is 12.2 Å². The summed E-state index contributed by atoms with van der Waals surface area (Å²) < 4.78 is 18.1. The van der Waals surface area contributed by atoms with Crippen molar-refractivity contribution in [2.24, 2.45) is 5.73 Å². The number of phenolic OH excluding ortho intramolecular Hbond substituents is 1. The van der Waals surface area contributed by atoms with Gasteiger partial charge < -0.3 is 15.6 Å². The molecule has 0 saturated carbocycles. The summed E-state index contributed by atoms with van der Waals surface area (Å²) in [6.07, 6.45) is 3.32. The van der Waals surface area contributed by atoms with E-state index < -0.39 is 11.6 Å². The predicted octanol–water partition coefficient (Wildman–Crippen LogP) is 1.51. The largest absolute Gasteiger partial charge is 0.505 e. The van der Waals surface area contributed by atoms with E-state index in [-0.39, 0.29) is 5.75 Å². The molecule has 0 bridgehead atoms. The molecule has 4 heteroatoms. The highest BCUT2D eigenvalue weighted by Crippen LogP contribution is 2.30. The van der Waals surface area contributed by atoms with Crippen LogP contribution in [0.25, 0.3) is 6.08 Å². The van der Waals surface area contributed by atoms with E-state index in [9.17, 15) is 4.39 Å². The Kier molecular flexibility index (Phi) is 3.48. The number of nitrogens with two attached hydrogens (primary N) is 1. The molecule has 0 aliphatic heterocycles. The summed E-state index contributed by atoms with van der Waals surface area (Å²) in [5, 5.41) is 9.08. The Balaban J connectivity index is 3.17. The molecular formula is C10H12FNO2. The lowest BCUT2D eigenvalue weighted by Gasteiger charge is -2.06. The van der Waals surface area contributed by atoms with Crippen LogP contribution in [-0.4, -0.2) is 18.8 Å². The molecule has 0 saturated heterocycles. The van der Waals surface area contributed by atoms with E-state index in [0.29, 0.717) is 12.1 Å². The second-order valence-corrected chi connectivity index (χ2v) is 2.66. The van der Waals surface area contributed by atoms with Gasteiger partial charge in [-0.2, -0.15) is 4.39 Å². The summed E-state index contributed by atoms with van der Waals surface area (Å²) >= 11 is 0. The van der Waals surface area contributed by atoms with Gasteiger partial charge in [0, 0.05) is 12.1 Å². The van der Waals surface area contributed by atoms with Gasteiger partial charge in [0.25, 0.3) is 0 Å². The molecule has 0 unspecified atom stereocenters. The molecule has 0 radical (unpaired) electrons. The smallest absolute Gasteiger partial charge is 0.207 e. The number of benzene rings is 1. The Hall–Kier alpha value is -1.55. The molecule has 14 heavy (non-hydrogen) atoms. The van der Waals surface area contributed by atoms with E-state index in [1.54, 1.807) is 18.2 Å². The van der Waals surface area contributed by atoms with Gasteiger partial charge in [-0.3, -0.25) is 0 Å². The summed E-state index contributed by atoms with van der Waals surface area (Å²) in [5.74, 6) is -1.16. The first-order valence-electron chi connectivity index (χ1n) is 4.12. The third-order valence-electron chi connectivity index (χ3n) is 1.74. The van der Waals surface area contributed by atoms with Crippen molar-refractivity contribution in [3.8, 4) is 11.5 Å². The van der Waals surface area contributed by atoms with Crippen LogP contribution in [0.4, 0.5) is 4.39 Å². The second-order valence-electron chi connectivity index (χ2n) is 2.66. The molecule has 0 spiro atoms. The van der Waals surface area contributed by atoms with Crippen molar-refractivity contribution in [3.63, 3.8) is 0 Å². The van der Waals surface area contributed by atoms with Crippen molar-refractivity contribution in [1.29, 1.82) is 0 Å². The quantitative estimate of drug-likeness (QED) is 0.772. The zero-order chi connectivity index (χ0) is 10.6. The Labute approximate surface area is 81.6 Å². The van der Waals surface area contributed by atoms with Crippen LogP contribution in [0.2, 0.25) is 0 Å².